The second kappa shape index (κ2) is 15.3. The zero-order chi connectivity index (χ0) is 38.0. The summed E-state index contributed by atoms with van der Waals surface area (Å²) in [5.74, 6) is -16.6. The molecular formula is C45H44F6O2. The predicted octanol–water partition coefficient (Wildman–Crippen LogP) is 14.5. The summed E-state index contributed by atoms with van der Waals surface area (Å²) >= 11 is 0. The highest BCUT2D eigenvalue weighted by Gasteiger charge is 2.81. The van der Waals surface area contributed by atoms with Gasteiger partial charge in [-0.15, -0.1) is 0 Å². The lowest BCUT2D eigenvalue weighted by Gasteiger charge is -2.26. The van der Waals surface area contributed by atoms with Crippen LogP contribution in [0.3, 0.4) is 0 Å². The summed E-state index contributed by atoms with van der Waals surface area (Å²) in [6, 6.07) is 26.3. The van der Waals surface area contributed by atoms with Gasteiger partial charge in [0.15, 0.2) is 0 Å². The van der Waals surface area contributed by atoms with Crippen LogP contribution in [-0.2, 0) is 12.8 Å². The molecule has 0 saturated carbocycles. The van der Waals surface area contributed by atoms with E-state index in [0.29, 0.717) is 11.1 Å². The average Bonchev–Trinajstić information content (AvgIpc) is 3.74. The van der Waals surface area contributed by atoms with Crippen LogP contribution in [-0.4, -0.2) is 17.8 Å². The van der Waals surface area contributed by atoms with Crippen molar-refractivity contribution in [1.29, 1.82) is 0 Å². The van der Waals surface area contributed by atoms with Gasteiger partial charge >= 0.3 is 17.8 Å². The monoisotopic (exact) mass is 730 g/mol. The van der Waals surface area contributed by atoms with E-state index in [1.165, 1.54) is 49.2 Å². The molecule has 4 aromatic carbocycles. The standard InChI is InChI=1S/C43H38F6O2.C2H6/c1-3-4-5-6-7-8-13-28-22-24-30(25-23-28)40-37(32-15-10-12-17-34(32)51-40)39-38(41(44,45)43(48,49)42(39,46)47)36-31-14-9-11-16-33(31)50-35(36)26-29-20-18-27(2)19-21-29;1-2/h9-12,14-25H,3-8,13,26H2,1-2H3;1-2H3. The highest BCUT2D eigenvalue weighted by molar-refractivity contribution is 6.13. The van der Waals surface area contributed by atoms with Gasteiger partial charge in [0.2, 0.25) is 0 Å². The number of para-hydroxylation sites is 2. The number of aryl methyl sites for hydroxylation is 2. The molecule has 0 aliphatic heterocycles. The van der Waals surface area contributed by atoms with Crippen LogP contribution in [0.5, 0.6) is 0 Å². The summed E-state index contributed by atoms with van der Waals surface area (Å²) < 4.78 is 110. The Morgan fingerprint density at radius 1 is 0.547 bits per heavy atom. The first-order valence-corrected chi connectivity index (χ1v) is 18.5. The fourth-order valence-corrected chi connectivity index (χ4v) is 7.20. The van der Waals surface area contributed by atoms with Crippen molar-refractivity contribution in [3.63, 3.8) is 0 Å². The molecule has 0 bridgehead atoms. The molecule has 2 heterocycles. The zero-order valence-electron chi connectivity index (χ0n) is 30.5. The third-order valence-corrected chi connectivity index (χ3v) is 9.95. The summed E-state index contributed by atoms with van der Waals surface area (Å²) in [6.07, 6.45) is 7.48. The van der Waals surface area contributed by atoms with Gasteiger partial charge in [-0.1, -0.05) is 143 Å². The number of unbranched alkanes of at least 4 members (excludes halogenated alkanes) is 5. The smallest absolute Gasteiger partial charge is 0.380 e. The van der Waals surface area contributed by atoms with Crippen molar-refractivity contribution in [3.05, 3.63) is 131 Å². The maximum absolute atomic E-state index is 16.5. The number of benzene rings is 4. The number of fused-ring (bicyclic) bond motifs is 2. The van der Waals surface area contributed by atoms with Gasteiger partial charge in [-0.2, -0.15) is 26.3 Å². The number of hydrogen-bond acceptors (Lipinski definition) is 2. The van der Waals surface area contributed by atoms with E-state index >= 15 is 26.3 Å². The number of furan rings is 2. The van der Waals surface area contributed by atoms with Gasteiger partial charge in [-0.05, 0) is 43.0 Å². The van der Waals surface area contributed by atoms with Gasteiger partial charge in [0, 0.05) is 45.0 Å². The Labute approximate surface area is 306 Å². The highest BCUT2D eigenvalue weighted by atomic mass is 19.3. The Kier molecular flexibility index (Phi) is 11.0. The van der Waals surface area contributed by atoms with Crippen LogP contribution in [0.25, 0.3) is 44.4 Å². The maximum Gasteiger partial charge on any atom is 0.380 e. The van der Waals surface area contributed by atoms with E-state index in [4.69, 9.17) is 8.83 Å². The van der Waals surface area contributed by atoms with E-state index in [0.717, 1.165) is 43.2 Å². The normalized spacial score (nSPS) is 16.0. The Hall–Kier alpha value is -4.72. The lowest BCUT2D eigenvalue weighted by atomic mass is 9.89. The fourth-order valence-electron chi connectivity index (χ4n) is 7.20. The van der Waals surface area contributed by atoms with Gasteiger partial charge in [0.05, 0.1) is 0 Å². The molecular weight excluding hydrogens is 686 g/mol. The molecule has 7 rings (SSSR count). The Morgan fingerprint density at radius 2 is 1.06 bits per heavy atom. The quantitative estimate of drug-likeness (QED) is 0.0926. The Morgan fingerprint density at radius 3 is 1.68 bits per heavy atom. The third-order valence-electron chi connectivity index (χ3n) is 9.95. The first kappa shape index (κ1) is 38.0. The van der Waals surface area contributed by atoms with E-state index < -0.39 is 40.0 Å². The van der Waals surface area contributed by atoms with E-state index in [-0.39, 0.29) is 39.9 Å². The summed E-state index contributed by atoms with van der Waals surface area (Å²) in [5.41, 5.74) is -0.740. The van der Waals surface area contributed by atoms with Crippen molar-refractivity contribution < 1.29 is 35.2 Å². The van der Waals surface area contributed by atoms with Crippen LogP contribution < -0.4 is 0 Å². The van der Waals surface area contributed by atoms with Gasteiger partial charge in [0.25, 0.3) is 0 Å². The summed E-state index contributed by atoms with van der Waals surface area (Å²) in [7, 11) is 0. The van der Waals surface area contributed by atoms with Crippen LogP contribution in [0.1, 0.15) is 92.9 Å². The number of alkyl halides is 6. The van der Waals surface area contributed by atoms with Crippen molar-refractivity contribution in [2.75, 3.05) is 0 Å². The van der Waals surface area contributed by atoms with Crippen molar-refractivity contribution in [2.24, 2.45) is 0 Å². The molecule has 6 aromatic rings. The molecule has 1 aliphatic rings. The minimum absolute atomic E-state index is 0.0252. The SMILES string of the molecule is CC.CCCCCCCCc1ccc(-c2oc3ccccc3c2C2=C(c3c(Cc4ccc(C)cc4)oc4ccccc34)C(F)(F)C(F)(F)C2(F)F)cc1. The van der Waals surface area contributed by atoms with Gasteiger partial charge in [-0.3, -0.25) is 0 Å². The molecule has 278 valence electrons. The molecule has 1 aliphatic carbocycles. The van der Waals surface area contributed by atoms with E-state index in [1.807, 2.05) is 45.0 Å². The molecule has 2 nitrogen and oxygen atoms in total. The molecule has 0 unspecified atom stereocenters. The maximum atomic E-state index is 16.5. The third kappa shape index (κ3) is 6.81. The Balaban J connectivity index is 0.00000236. The summed E-state index contributed by atoms with van der Waals surface area (Å²) in [6.45, 7) is 8.05. The van der Waals surface area contributed by atoms with Crippen molar-refractivity contribution in [1.82, 2.24) is 0 Å². The number of halogens is 6. The molecule has 0 atom stereocenters. The summed E-state index contributed by atoms with van der Waals surface area (Å²) in [5, 5.41) is 0.0610. The molecule has 8 heteroatoms. The van der Waals surface area contributed by atoms with Gasteiger partial charge in [0.1, 0.15) is 22.7 Å². The van der Waals surface area contributed by atoms with E-state index in [1.54, 1.807) is 36.4 Å². The molecule has 53 heavy (non-hydrogen) atoms. The number of hydrogen-bond donors (Lipinski definition) is 0. The van der Waals surface area contributed by atoms with E-state index in [2.05, 4.69) is 6.92 Å². The lowest BCUT2D eigenvalue weighted by Crippen LogP contribution is -2.49. The number of allylic oxidation sites excluding steroid dienone is 2. The van der Waals surface area contributed by atoms with E-state index in [9.17, 15) is 0 Å². The van der Waals surface area contributed by atoms with Crippen molar-refractivity contribution >= 4 is 33.1 Å². The summed E-state index contributed by atoms with van der Waals surface area (Å²) in [4.78, 5) is 0. The first-order valence-electron chi connectivity index (χ1n) is 18.5. The van der Waals surface area contributed by atoms with Crippen LogP contribution in [0.2, 0.25) is 0 Å². The molecule has 0 N–H and O–H groups in total. The zero-order valence-corrected chi connectivity index (χ0v) is 30.5. The topological polar surface area (TPSA) is 26.3 Å². The predicted molar refractivity (Wildman–Crippen MR) is 202 cm³/mol. The molecule has 0 saturated heterocycles. The van der Waals surface area contributed by atoms with Crippen molar-refractivity contribution in [2.45, 2.75) is 96.8 Å². The minimum Gasteiger partial charge on any atom is -0.460 e. The molecule has 0 amide bonds. The minimum atomic E-state index is -5.76. The van der Waals surface area contributed by atoms with Crippen LogP contribution in [0.4, 0.5) is 26.3 Å². The molecule has 0 spiro atoms. The second-order valence-corrected chi connectivity index (χ2v) is 13.5. The Bertz CT molecular complexity index is 2200. The van der Waals surface area contributed by atoms with Crippen molar-refractivity contribution in [3.8, 4) is 11.3 Å². The fraction of sp³-hybridized carbons (Fsp3) is 0.333. The lowest BCUT2D eigenvalue weighted by molar-refractivity contribution is -0.254. The largest absolute Gasteiger partial charge is 0.460 e. The van der Waals surface area contributed by atoms with Crippen LogP contribution in [0.15, 0.2) is 106 Å². The number of rotatable bonds is 12. The van der Waals surface area contributed by atoms with Crippen LogP contribution >= 0.6 is 0 Å². The molecule has 2 aromatic heterocycles. The average molecular weight is 731 g/mol. The highest BCUT2D eigenvalue weighted by Crippen LogP contribution is 2.67. The van der Waals surface area contributed by atoms with Gasteiger partial charge < -0.3 is 8.83 Å². The first-order chi connectivity index (χ1) is 25.5. The molecule has 0 fully saturated rings. The molecule has 0 radical (unpaired) electrons. The van der Waals surface area contributed by atoms with Gasteiger partial charge in [-0.25, -0.2) is 0 Å². The second-order valence-electron chi connectivity index (χ2n) is 13.5. The van der Waals surface area contributed by atoms with Crippen LogP contribution in [0, 0.1) is 6.92 Å².